The molecule has 96 valence electrons. The number of benzene rings is 1. The van der Waals surface area contributed by atoms with Gasteiger partial charge in [-0.15, -0.1) is 11.3 Å². The molecule has 0 spiro atoms. The predicted octanol–water partition coefficient (Wildman–Crippen LogP) is 3.95. The molecule has 1 aromatic carbocycles. The lowest BCUT2D eigenvalue weighted by Crippen LogP contribution is -2.03. The molecule has 1 heterocycles. The Hall–Kier alpha value is -1.33. The summed E-state index contributed by atoms with van der Waals surface area (Å²) in [5.74, 6) is -0.125. The molecule has 2 rings (SSSR count). The molecule has 0 atom stereocenters. The first-order chi connectivity index (χ1) is 8.70. The molecule has 2 aromatic rings. The van der Waals surface area contributed by atoms with Crippen molar-refractivity contribution in [1.82, 2.24) is 4.98 Å². The smallest absolute Gasteiger partial charge is 0.183 e. The average molecular weight is 287 g/mol. The van der Waals surface area contributed by atoms with Gasteiger partial charge in [-0.3, -0.25) is 0 Å². The third kappa shape index (κ3) is 3.11. The molecule has 3 nitrogen and oxygen atoms in total. The van der Waals surface area contributed by atoms with Gasteiger partial charge in [-0.1, -0.05) is 17.7 Å². The Bertz CT molecular complexity index is 533. The zero-order valence-corrected chi connectivity index (χ0v) is 11.3. The van der Waals surface area contributed by atoms with E-state index in [-0.39, 0.29) is 11.6 Å². The molecule has 0 amide bonds. The van der Waals surface area contributed by atoms with Crippen LogP contribution in [0, 0.1) is 5.82 Å². The van der Waals surface area contributed by atoms with Crippen molar-refractivity contribution in [3.63, 3.8) is 0 Å². The summed E-state index contributed by atoms with van der Waals surface area (Å²) in [6, 6.07) is 4.79. The highest BCUT2D eigenvalue weighted by Gasteiger charge is 2.09. The van der Waals surface area contributed by atoms with Crippen LogP contribution in [0.15, 0.2) is 24.4 Å². The van der Waals surface area contributed by atoms with Gasteiger partial charge in [0.05, 0.1) is 18.8 Å². The second kappa shape index (κ2) is 6.02. The van der Waals surface area contributed by atoms with Crippen LogP contribution in [-0.2, 0) is 6.54 Å². The highest BCUT2D eigenvalue weighted by atomic mass is 35.5. The average Bonchev–Trinajstić information content (AvgIpc) is 2.76. The molecule has 0 aliphatic carbocycles. The maximum atomic E-state index is 13.6. The second-order valence-electron chi connectivity index (χ2n) is 3.48. The van der Waals surface area contributed by atoms with Gasteiger partial charge in [0.25, 0.3) is 0 Å². The van der Waals surface area contributed by atoms with Gasteiger partial charge < -0.3 is 10.1 Å². The number of ether oxygens (including phenoxy) is 1. The summed E-state index contributed by atoms with van der Waals surface area (Å²) in [7, 11) is 0. The number of para-hydroxylation sites is 1. The number of hydrogen-bond donors (Lipinski definition) is 1. The molecule has 18 heavy (non-hydrogen) atoms. The van der Waals surface area contributed by atoms with Crippen LogP contribution in [0.5, 0.6) is 5.75 Å². The van der Waals surface area contributed by atoms with Crippen molar-refractivity contribution in [1.29, 1.82) is 0 Å². The van der Waals surface area contributed by atoms with Crippen LogP contribution in [0.1, 0.15) is 11.8 Å². The summed E-state index contributed by atoms with van der Waals surface area (Å²) >= 11 is 7.13. The number of anilines is 1. The summed E-state index contributed by atoms with van der Waals surface area (Å²) in [5.41, 5.74) is 0.626. The normalized spacial score (nSPS) is 10.4. The molecule has 0 unspecified atom stereocenters. The van der Waals surface area contributed by atoms with Crippen molar-refractivity contribution in [3.05, 3.63) is 39.6 Å². The molecule has 1 aromatic heterocycles. The lowest BCUT2D eigenvalue weighted by Gasteiger charge is -2.12. The van der Waals surface area contributed by atoms with E-state index in [0.717, 1.165) is 4.88 Å². The van der Waals surface area contributed by atoms with Gasteiger partial charge in [-0.25, -0.2) is 9.37 Å². The van der Waals surface area contributed by atoms with E-state index in [9.17, 15) is 4.39 Å². The molecule has 0 saturated carbocycles. The highest BCUT2D eigenvalue weighted by Crippen LogP contribution is 2.28. The van der Waals surface area contributed by atoms with E-state index in [1.807, 2.05) is 6.92 Å². The van der Waals surface area contributed by atoms with E-state index in [4.69, 9.17) is 16.3 Å². The number of hydrogen-bond acceptors (Lipinski definition) is 4. The van der Waals surface area contributed by atoms with Crippen molar-refractivity contribution in [3.8, 4) is 5.75 Å². The van der Waals surface area contributed by atoms with Gasteiger partial charge in [0, 0.05) is 11.1 Å². The van der Waals surface area contributed by atoms with E-state index < -0.39 is 0 Å². The monoisotopic (exact) mass is 286 g/mol. The third-order valence-electron chi connectivity index (χ3n) is 2.23. The molecular formula is C12H12ClFN2OS. The molecule has 0 saturated heterocycles. The molecule has 0 aliphatic rings. The van der Waals surface area contributed by atoms with E-state index in [1.54, 1.807) is 18.3 Å². The molecule has 0 bridgehead atoms. The Kier molecular flexibility index (Phi) is 4.38. The summed E-state index contributed by atoms with van der Waals surface area (Å²) in [6.07, 6.45) is 1.69. The number of nitrogens with one attached hydrogen (secondary N) is 1. The minimum Gasteiger partial charge on any atom is -0.489 e. The van der Waals surface area contributed by atoms with Crippen molar-refractivity contribution < 1.29 is 9.13 Å². The molecular weight excluding hydrogens is 275 g/mol. The second-order valence-corrected chi connectivity index (χ2v) is 5.18. The molecule has 0 radical (unpaired) electrons. The van der Waals surface area contributed by atoms with Crippen molar-refractivity contribution in [2.45, 2.75) is 13.5 Å². The lowest BCUT2D eigenvalue weighted by molar-refractivity contribution is 0.323. The van der Waals surface area contributed by atoms with Crippen LogP contribution in [0.3, 0.4) is 0 Å². The molecule has 0 aliphatic heterocycles. The molecule has 1 N–H and O–H groups in total. The maximum absolute atomic E-state index is 13.6. The van der Waals surface area contributed by atoms with Gasteiger partial charge in [0.1, 0.15) is 0 Å². The van der Waals surface area contributed by atoms with Crippen molar-refractivity contribution in [2.75, 3.05) is 11.9 Å². The SMILES string of the molecule is CCOc1c(F)cccc1NCc1cnc(Cl)s1. The first kappa shape index (κ1) is 13.1. The van der Waals surface area contributed by atoms with Gasteiger partial charge in [0.2, 0.25) is 0 Å². The zero-order chi connectivity index (χ0) is 13.0. The summed E-state index contributed by atoms with van der Waals surface area (Å²) in [6.45, 7) is 2.77. The standard InChI is InChI=1S/C12H12ClFN2OS/c1-2-17-11-9(14)4-3-5-10(11)15-6-8-7-16-12(13)18-8/h3-5,7,15H,2,6H2,1H3. The zero-order valence-electron chi connectivity index (χ0n) is 9.74. The first-order valence-corrected chi connectivity index (χ1v) is 6.65. The van der Waals surface area contributed by atoms with Crippen LogP contribution >= 0.6 is 22.9 Å². The van der Waals surface area contributed by atoms with Gasteiger partial charge >= 0.3 is 0 Å². The largest absolute Gasteiger partial charge is 0.489 e. The highest BCUT2D eigenvalue weighted by molar-refractivity contribution is 7.15. The fourth-order valence-corrected chi connectivity index (χ4v) is 2.40. The topological polar surface area (TPSA) is 34.1 Å². The fourth-order valence-electron chi connectivity index (χ4n) is 1.49. The van der Waals surface area contributed by atoms with Crippen LogP contribution in [0.2, 0.25) is 4.47 Å². The summed E-state index contributed by atoms with van der Waals surface area (Å²) in [4.78, 5) is 4.92. The van der Waals surface area contributed by atoms with Gasteiger partial charge in [-0.05, 0) is 19.1 Å². The number of nitrogens with zero attached hydrogens (tertiary/aromatic N) is 1. The Morgan fingerprint density at radius 3 is 3.00 bits per heavy atom. The van der Waals surface area contributed by atoms with Crippen LogP contribution in [-0.4, -0.2) is 11.6 Å². The Morgan fingerprint density at radius 2 is 2.33 bits per heavy atom. The first-order valence-electron chi connectivity index (χ1n) is 5.46. The maximum Gasteiger partial charge on any atom is 0.183 e. The minimum atomic E-state index is -0.371. The number of halogens is 2. The van der Waals surface area contributed by atoms with Crippen molar-refractivity contribution >= 4 is 28.6 Å². The fraction of sp³-hybridized carbons (Fsp3) is 0.250. The van der Waals surface area contributed by atoms with Crippen molar-refractivity contribution in [2.24, 2.45) is 0 Å². The Labute approximate surface area is 114 Å². The van der Waals surface area contributed by atoms with E-state index in [1.165, 1.54) is 17.4 Å². The third-order valence-corrected chi connectivity index (χ3v) is 3.35. The predicted molar refractivity (Wildman–Crippen MR) is 72.0 cm³/mol. The molecule has 0 fully saturated rings. The summed E-state index contributed by atoms with van der Waals surface area (Å²) < 4.78 is 19.4. The lowest BCUT2D eigenvalue weighted by atomic mass is 10.2. The number of aromatic nitrogens is 1. The minimum absolute atomic E-state index is 0.246. The number of thiazole rings is 1. The Morgan fingerprint density at radius 1 is 1.50 bits per heavy atom. The van der Waals surface area contributed by atoms with E-state index in [2.05, 4.69) is 10.3 Å². The van der Waals surface area contributed by atoms with Gasteiger partial charge in [-0.2, -0.15) is 0 Å². The molecule has 6 heteroatoms. The summed E-state index contributed by atoms with van der Waals surface area (Å²) in [5, 5.41) is 3.12. The van der Waals surface area contributed by atoms with Crippen LogP contribution < -0.4 is 10.1 Å². The van der Waals surface area contributed by atoms with Gasteiger partial charge in [0.15, 0.2) is 16.0 Å². The van der Waals surface area contributed by atoms with E-state index in [0.29, 0.717) is 23.3 Å². The Balaban J connectivity index is 2.11. The quantitative estimate of drug-likeness (QED) is 0.904. The number of rotatable bonds is 5. The van der Waals surface area contributed by atoms with Crippen LogP contribution in [0.4, 0.5) is 10.1 Å². The van der Waals surface area contributed by atoms with Crippen LogP contribution in [0.25, 0.3) is 0 Å². The van der Waals surface area contributed by atoms with E-state index >= 15 is 0 Å².